The van der Waals surface area contributed by atoms with Crippen molar-refractivity contribution in [3.8, 4) is 0 Å². The summed E-state index contributed by atoms with van der Waals surface area (Å²) in [6, 6.07) is 4.58. The second-order valence-electron chi connectivity index (χ2n) is 6.13. The van der Waals surface area contributed by atoms with Gasteiger partial charge in [-0.3, -0.25) is 0 Å². The van der Waals surface area contributed by atoms with Crippen LogP contribution >= 0.6 is 0 Å². The van der Waals surface area contributed by atoms with Crippen molar-refractivity contribution in [1.82, 2.24) is 3.56 Å². The Morgan fingerprint density at radius 2 is 2.15 bits per heavy atom. The number of nitrogens with zero attached hydrogens (tertiary/aromatic N) is 3. The van der Waals surface area contributed by atoms with Gasteiger partial charge in [-0.2, -0.15) is 0 Å². The molecule has 1 aliphatic carbocycles. The van der Waals surface area contributed by atoms with Gasteiger partial charge in [0.05, 0.1) is 0 Å². The number of nitro groups is 1. The molecule has 0 spiro atoms. The Labute approximate surface area is 155 Å². The standard InChI is InChI=1S/C18H18N3O4Se/c1-12(2)19(23)11-13-5-3-6-14(10-9-13)20-18(22)15-7-4-8-16(21(24)25)17(15)26-20/h3-9,11-12,23H,10H2,1-2H3/q+1/b19-11+. The van der Waals surface area contributed by atoms with Crippen LogP contribution in [-0.4, -0.2) is 45.4 Å². The van der Waals surface area contributed by atoms with E-state index >= 15 is 0 Å². The van der Waals surface area contributed by atoms with Crippen LogP contribution in [0.5, 0.6) is 0 Å². The first-order chi connectivity index (χ1) is 12.4. The minimum absolute atomic E-state index is 0.000495. The van der Waals surface area contributed by atoms with Gasteiger partial charge < -0.3 is 0 Å². The number of benzene rings is 1. The molecule has 0 saturated carbocycles. The van der Waals surface area contributed by atoms with Crippen LogP contribution in [-0.2, 0) is 0 Å². The molecule has 0 radical (unpaired) electrons. The normalized spacial score (nSPS) is 15.1. The number of non-ortho nitro benzene ring substituents is 1. The van der Waals surface area contributed by atoms with Gasteiger partial charge in [-0.25, -0.2) is 0 Å². The molecular formula is C18H18N3O4Se+. The molecule has 8 heteroatoms. The van der Waals surface area contributed by atoms with E-state index < -0.39 is 19.7 Å². The second-order valence-corrected chi connectivity index (χ2v) is 8.14. The zero-order valence-corrected chi connectivity index (χ0v) is 16.0. The van der Waals surface area contributed by atoms with E-state index in [-0.39, 0.29) is 17.3 Å². The summed E-state index contributed by atoms with van der Waals surface area (Å²) >= 11 is -0.473. The molecule has 0 unspecified atom stereocenters. The van der Waals surface area contributed by atoms with Gasteiger partial charge in [0.2, 0.25) is 0 Å². The number of rotatable bonds is 4. The summed E-state index contributed by atoms with van der Waals surface area (Å²) in [6.45, 7) is 3.74. The Hall–Kier alpha value is -2.70. The molecule has 2 aromatic rings. The predicted molar refractivity (Wildman–Crippen MR) is 101 cm³/mol. The quantitative estimate of drug-likeness (QED) is 0.206. The number of hydrogen-bond donors (Lipinski definition) is 1. The molecule has 0 saturated heterocycles. The molecule has 0 atom stereocenters. The summed E-state index contributed by atoms with van der Waals surface area (Å²) in [4.78, 5) is 23.5. The molecule has 3 rings (SSSR count). The maximum atomic E-state index is 12.7. The van der Waals surface area contributed by atoms with Gasteiger partial charge in [-0.15, -0.1) is 0 Å². The van der Waals surface area contributed by atoms with Crippen molar-refractivity contribution >= 4 is 42.0 Å². The summed E-state index contributed by atoms with van der Waals surface area (Å²) in [5.41, 5.74) is 1.42. The van der Waals surface area contributed by atoms with Crippen LogP contribution in [0.3, 0.4) is 0 Å². The molecule has 7 nitrogen and oxygen atoms in total. The van der Waals surface area contributed by atoms with Crippen LogP contribution in [0.1, 0.15) is 20.3 Å². The third kappa shape index (κ3) is 3.47. The Kier molecular flexibility index (Phi) is 5.06. The van der Waals surface area contributed by atoms with Crippen LogP contribution in [0, 0.1) is 10.1 Å². The van der Waals surface area contributed by atoms with E-state index in [9.17, 15) is 20.1 Å². The van der Waals surface area contributed by atoms with E-state index in [0.717, 1.165) is 16.0 Å². The molecular weight excluding hydrogens is 401 g/mol. The van der Waals surface area contributed by atoms with Crippen molar-refractivity contribution in [1.29, 1.82) is 0 Å². The van der Waals surface area contributed by atoms with Gasteiger partial charge in [0.1, 0.15) is 0 Å². The van der Waals surface area contributed by atoms with Crippen LogP contribution in [0.15, 0.2) is 52.9 Å². The summed E-state index contributed by atoms with van der Waals surface area (Å²) < 4.78 is 3.28. The number of allylic oxidation sites excluding steroid dienone is 6. The van der Waals surface area contributed by atoms with Gasteiger partial charge in [0.25, 0.3) is 0 Å². The molecule has 1 heterocycles. The Bertz CT molecular complexity index is 1050. The zero-order chi connectivity index (χ0) is 18.8. The number of hydrogen-bond acceptors (Lipinski definition) is 4. The van der Waals surface area contributed by atoms with Gasteiger partial charge in [-0.05, 0) is 0 Å². The van der Waals surface area contributed by atoms with E-state index in [0.29, 0.717) is 16.1 Å². The third-order valence-corrected chi connectivity index (χ3v) is 6.49. The summed E-state index contributed by atoms with van der Waals surface area (Å²) in [5.74, 6) is 0. The van der Waals surface area contributed by atoms with Crippen LogP contribution in [0.2, 0.25) is 0 Å². The summed E-state index contributed by atoms with van der Waals surface area (Å²) in [7, 11) is 0. The fraction of sp³-hybridized carbons (Fsp3) is 0.222. The average molecular weight is 419 g/mol. The molecule has 1 aromatic heterocycles. The number of aromatic nitrogens is 1. The minimum atomic E-state index is -0.473. The van der Waals surface area contributed by atoms with Gasteiger partial charge in [0, 0.05) is 0 Å². The first-order valence-corrected chi connectivity index (χ1v) is 9.70. The van der Waals surface area contributed by atoms with Crippen molar-refractivity contribution in [3.05, 3.63) is 68.5 Å². The van der Waals surface area contributed by atoms with Crippen molar-refractivity contribution < 1.29 is 14.9 Å². The van der Waals surface area contributed by atoms with E-state index in [1.165, 1.54) is 6.07 Å². The SMILES string of the molecule is CC(C)/[N+](O)=C\C1=CCC(n2[se]c3c([N+](=O)[O-])cccc3c2=O)=CC=C1. The second kappa shape index (κ2) is 7.27. The van der Waals surface area contributed by atoms with Crippen molar-refractivity contribution in [2.75, 3.05) is 0 Å². The van der Waals surface area contributed by atoms with Crippen molar-refractivity contribution in [2.45, 2.75) is 26.3 Å². The van der Waals surface area contributed by atoms with Crippen molar-refractivity contribution in [2.24, 2.45) is 0 Å². The molecule has 0 bridgehead atoms. The van der Waals surface area contributed by atoms with E-state index in [1.54, 1.807) is 21.9 Å². The van der Waals surface area contributed by atoms with Crippen LogP contribution in [0.25, 0.3) is 15.3 Å². The van der Waals surface area contributed by atoms with Gasteiger partial charge in [0.15, 0.2) is 0 Å². The van der Waals surface area contributed by atoms with Crippen LogP contribution < -0.4 is 5.56 Å². The first kappa shape index (κ1) is 18.1. The summed E-state index contributed by atoms with van der Waals surface area (Å²) in [5, 5.41) is 21.5. The maximum absolute atomic E-state index is 12.7. The Morgan fingerprint density at radius 1 is 1.38 bits per heavy atom. The number of hydroxylamine groups is 1. The molecule has 1 N–H and O–H groups in total. The van der Waals surface area contributed by atoms with Crippen molar-refractivity contribution in [3.63, 3.8) is 0 Å². The average Bonchev–Trinajstić information content (AvgIpc) is 2.78. The fourth-order valence-corrected chi connectivity index (χ4v) is 4.86. The van der Waals surface area contributed by atoms with Gasteiger partial charge >= 0.3 is 155 Å². The molecule has 1 aliphatic rings. The fourth-order valence-electron chi connectivity index (χ4n) is 2.54. The zero-order valence-electron chi connectivity index (χ0n) is 14.3. The Morgan fingerprint density at radius 3 is 2.85 bits per heavy atom. The molecule has 1 aromatic carbocycles. The first-order valence-electron chi connectivity index (χ1n) is 8.08. The van der Waals surface area contributed by atoms with E-state index in [4.69, 9.17) is 0 Å². The van der Waals surface area contributed by atoms with Gasteiger partial charge in [-0.1, -0.05) is 0 Å². The number of nitro benzene ring substituents is 1. The number of fused-ring (bicyclic) bond motifs is 1. The predicted octanol–water partition coefficient (Wildman–Crippen LogP) is 2.57. The molecule has 134 valence electrons. The topological polar surface area (TPSA) is 88.4 Å². The van der Waals surface area contributed by atoms with Crippen LogP contribution in [0.4, 0.5) is 5.69 Å². The molecule has 0 aliphatic heterocycles. The molecule has 0 amide bonds. The Balaban J connectivity index is 2.01. The summed E-state index contributed by atoms with van der Waals surface area (Å²) in [6.07, 6.45) is 9.56. The molecule has 0 fully saturated rings. The van der Waals surface area contributed by atoms with E-state index in [2.05, 4.69) is 0 Å². The third-order valence-electron chi connectivity index (χ3n) is 3.98. The molecule has 26 heavy (non-hydrogen) atoms. The van der Waals surface area contributed by atoms with E-state index in [1.807, 2.05) is 38.2 Å². The monoisotopic (exact) mass is 420 g/mol.